The first-order valence-corrected chi connectivity index (χ1v) is 12.3. The SMILES string of the molecule is O=C(Nc1ccc(I)cc1)Nc1ccc(-c2ccc(CN3CCOCC3)nc2)c2ccccc12. The molecule has 2 N–H and O–H groups in total. The highest BCUT2D eigenvalue weighted by molar-refractivity contribution is 14.1. The molecule has 172 valence electrons. The van der Waals surface area contributed by atoms with Gasteiger partial charge in [-0.15, -0.1) is 0 Å². The molecule has 1 aliphatic heterocycles. The molecule has 2 heterocycles. The summed E-state index contributed by atoms with van der Waals surface area (Å²) in [7, 11) is 0. The summed E-state index contributed by atoms with van der Waals surface area (Å²) >= 11 is 2.24. The lowest BCUT2D eigenvalue weighted by Crippen LogP contribution is -2.35. The fourth-order valence-corrected chi connectivity index (χ4v) is 4.50. The van der Waals surface area contributed by atoms with Crippen LogP contribution in [0.1, 0.15) is 5.69 Å². The normalized spacial score (nSPS) is 14.1. The van der Waals surface area contributed by atoms with Crippen LogP contribution in [0.3, 0.4) is 0 Å². The number of morpholine rings is 1. The van der Waals surface area contributed by atoms with Crippen LogP contribution in [0.4, 0.5) is 16.2 Å². The molecule has 2 amide bonds. The van der Waals surface area contributed by atoms with E-state index in [1.165, 1.54) is 0 Å². The summed E-state index contributed by atoms with van der Waals surface area (Å²) in [6.45, 7) is 4.29. The number of anilines is 2. The Morgan fingerprint density at radius 1 is 0.912 bits per heavy atom. The number of pyridine rings is 1. The number of aromatic nitrogens is 1. The third-order valence-electron chi connectivity index (χ3n) is 5.90. The van der Waals surface area contributed by atoms with Gasteiger partial charge in [-0.1, -0.05) is 36.4 Å². The number of nitrogens with one attached hydrogen (secondary N) is 2. The number of urea groups is 1. The summed E-state index contributed by atoms with van der Waals surface area (Å²) in [6.07, 6.45) is 1.94. The monoisotopic (exact) mass is 564 g/mol. The third kappa shape index (κ3) is 5.38. The van der Waals surface area contributed by atoms with Crippen molar-refractivity contribution in [3.8, 4) is 11.1 Å². The van der Waals surface area contributed by atoms with Crippen molar-refractivity contribution in [1.29, 1.82) is 0 Å². The largest absolute Gasteiger partial charge is 0.379 e. The third-order valence-corrected chi connectivity index (χ3v) is 6.62. The number of benzene rings is 3. The van der Waals surface area contributed by atoms with E-state index in [1.807, 2.05) is 60.8 Å². The number of halogens is 1. The number of fused-ring (bicyclic) bond motifs is 1. The molecule has 4 aromatic rings. The first-order valence-electron chi connectivity index (χ1n) is 11.3. The number of hydrogen-bond donors (Lipinski definition) is 2. The molecule has 0 saturated carbocycles. The van der Waals surface area contributed by atoms with Crippen LogP contribution in [-0.2, 0) is 11.3 Å². The molecule has 0 aliphatic carbocycles. The maximum atomic E-state index is 12.6. The van der Waals surface area contributed by atoms with E-state index in [1.54, 1.807) is 0 Å². The molecule has 0 unspecified atom stereocenters. The van der Waals surface area contributed by atoms with Crippen molar-refractivity contribution in [1.82, 2.24) is 9.88 Å². The maximum absolute atomic E-state index is 12.6. The van der Waals surface area contributed by atoms with Crippen LogP contribution in [0.15, 0.2) is 79.0 Å². The van der Waals surface area contributed by atoms with E-state index >= 15 is 0 Å². The van der Waals surface area contributed by atoms with Crippen LogP contribution in [0.5, 0.6) is 0 Å². The van der Waals surface area contributed by atoms with Crippen LogP contribution in [0, 0.1) is 3.57 Å². The molecular weight excluding hydrogens is 539 g/mol. The molecule has 5 rings (SSSR count). The van der Waals surface area contributed by atoms with Gasteiger partial charge in [-0.25, -0.2) is 4.79 Å². The smallest absolute Gasteiger partial charge is 0.323 e. The average Bonchev–Trinajstić information content (AvgIpc) is 2.87. The van der Waals surface area contributed by atoms with Crippen LogP contribution in [-0.4, -0.2) is 42.2 Å². The van der Waals surface area contributed by atoms with Crippen LogP contribution < -0.4 is 10.6 Å². The number of nitrogens with zero attached hydrogens (tertiary/aromatic N) is 2. The van der Waals surface area contributed by atoms with E-state index in [0.29, 0.717) is 0 Å². The summed E-state index contributed by atoms with van der Waals surface area (Å²) in [5.41, 5.74) is 4.71. The van der Waals surface area contributed by atoms with Gasteiger partial charge >= 0.3 is 6.03 Å². The lowest BCUT2D eigenvalue weighted by molar-refractivity contribution is 0.0336. The minimum atomic E-state index is -0.270. The van der Waals surface area contributed by atoms with Crippen molar-refractivity contribution >= 4 is 50.8 Å². The molecule has 6 nitrogen and oxygen atoms in total. The molecule has 0 spiro atoms. The fourth-order valence-electron chi connectivity index (χ4n) is 4.14. The lowest BCUT2D eigenvalue weighted by atomic mass is 9.98. The van der Waals surface area contributed by atoms with Gasteiger partial charge in [-0.3, -0.25) is 9.88 Å². The Morgan fingerprint density at radius 2 is 1.68 bits per heavy atom. The topological polar surface area (TPSA) is 66.5 Å². The minimum absolute atomic E-state index is 0.270. The van der Waals surface area contributed by atoms with Gasteiger partial charge in [0.15, 0.2) is 0 Å². The van der Waals surface area contributed by atoms with Crippen molar-refractivity contribution in [2.45, 2.75) is 6.54 Å². The van der Waals surface area contributed by atoms with Crippen molar-refractivity contribution < 1.29 is 9.53 Å². The second-order valence-corrected chi connectivity index (χ2v) is 9.46. The molecule has 0 atom stereocenters. The molecule has 1 saturated heterocycles. The molecule has 34 heavy (non-hydrogen) atoms. The Bertz CT molecular complexity index is 1290. The number of hydrogen-bond acceptors (Lipinski definition) is 4. The Morgan fingerprint density at radius 3 is 2.41 bits per heavy atom. The van der Waals surface area contributed by atoms with Crippen molar-refractivity contribution in [2.75, 3.05) is 36.9 Å². The highest BCUT2D eigenvalue weighted by atomic mass is 127. The standard InChI is InChI=1S/C27H25IN4O2/c28-20-6-9-21(10-7-20)30-27(33)31-26-12-11-23(24-3-1-2-4-25(24)26)19-5-8-22(29-17-19)18-32-13-15-34-16-14-32/h1-12,17H,13-16,18H2,(H2,30,31,33). The Hall–Kier alpha value is -3.01. The predicted molar refractivity (Wildman–Crippen MR) is 145 cm³/mol. The van der Waals surface area contributed by atoms with Gasteiger partial charge in [0.1, 0.15) is 0 Å². The van der Waals surface area contributed by atoms with Crippen molar-refractivity contribution in [3.05, 3.63) is 88.3 Å². The summed E-state index contributed by atoms with van der Waals surface area (Å²) in [6, 6.07) is 23.7. The van der Waals surface area contributed by atoms with Crippen molar-refractivity contribution in [2.24, 2.45) is 0 Å². The predicted octanol–water partition coefficient (Wildman–Crippen LogP) is 5.98. The van der Waals surface area contributed by atoms with Crippen molar-refractivity contribution in [3.63, 3.8) is 0 Å². The van der Waals surface area contributed by atoms with E-state index in [2.05, 4.69) is 56.3 Å². The number of carbonyl (C=O) groups is 1. The summed E-state index contributed by atoms with van der Waals surface area (Å²) < 4.78 is 6.55. The van der Waals surface area contributed by atoms with Gasteiger partial charge in [-0.2, -0.15) is 0 Å². The van der Waals surface area contributed by atoms with Gasteiger partial charge in [-0.05, 0) is 69.9 Å². The van der Waals surface area contributed by atoms with Gasteiger partial charge in [0.2, 0.25) is 0 Å². The summed E-state index contributed by atoms with van der Waals surface area (Å²) in [5.74, 6) is 0. The van der Waals surface area contributed by atoms with Crippen LogP contribution >= 0.6 is 22.6 Å². The van der Waals surface area contributed by atoms with E-state index in [-0.39, 0.29) is 6.03 Å². The molecule has 0 bridgehead atoms. The minimum Gasteiger partial charge on any atom is -0.379 e. The number of amides is 2. The first kappa shape index (κ1) is 22.8. The van der Waals surface area contributed by atoms with Crippen LogP contribution in [0.2, 0.25) is 0 Å². The zero-order chi connectivity index (χ0) is 23.3. The van der Waals surface area contributed by atoms with E-state index in [4.69, 9.17) is 9.72 Å². The zero-order valence-electron chi connectivity index (χ0n) is 18.6. The van der Waals surface area contributed by atoms with Gasteiger partial charge in [0, 0.05) is 46.0 Å². The molecule has 1 fully saturated rings. The fraction of sp³-hybridized carbons (Fsp3) is 0.185. The average molecular weight is 564 g/mol. The van der Waals surface area contributed by atoms with Gasteiger partial charge < -0.3 is 15.4 Å². The van der Waals surface area contributed by atoms with Gasteiger partial charge in [0.25, 0.3) is 0 Å². The summed E-state index contributed by atoms with van der Waals surface area (Å²) in [4.78, 5) is 19.7. The lowest BCUT2D eigenvalue weighted by Gasteiger charge is -2.26. The molecule has 7 heteroatoms. The van der Waals surface area contributed by atoms with E-state index in [9.17, 15) is 4.79 Å². The number of carbonyl (C=O) groups excluding carboxylic acids is 1. The Labute approximate surface area is 212 Å². The molecule has 1 aliphatic rings. The second kappa shape index (κ2) is 10.5. The second-order valence-electron chi connectivity index (χ2n) is 8.22. The van der Waals surface area contributed by atoms with Crippen LogP contribution in [0.25, 0.3) is 21.9 Å². The van der Waals surface area contributed by atoms with E-state index < -0.39 is 0 Å². The first-order chi connectivity index (χ1) is 16.7. The number of rotatable bonds is 5. The zero-order valence-corrected chi connectivity index (χ0v) is 20.8. The molecule has 0 radical (unpaired) electrons. The van der Waals surface area contributed by atoms with E-state index in [0.717, 1.165) is 75.4 Å². The molecule has 1 aromatic heterocycles. The summed E-state index contributed by atoms with van der Waals surface area (Å²) in [5, 5.41) is 7.94. The van der Waals surface area contributed by atoms with Gasteiger partial charge in [0.05, 0.1) is 24.6 Å². The highest BCUT2D eigenvalue weighted by Crippen LogP contribution is 2.33. The highest BCUT2D eigenvalue weighted by Gasteiger charge is 2.13. The Balaban J connectivity index is 1.35. The number of ether oxygens (including phenoxy) is 1. The molecule has 3 aromatic carbocycles. The quantitative estimate of drug-likeness (QED) is 0.293. The molecular formula is C27H25IN4O2. The maximum Gasteiger partial charge on any atom is 0.323 e. The Kier molecular flexibility index (Phi) is 7.03.